The van der Waals surface area contributed by atoms with E-state index in [1.54, 1.807) is 24.3 Å². The van der Waals surface area contributed by atoms with Gasteiger partial charge in [0.2, 0.25) is 0 Å². The van der Waals surface area contributed by atoms with E-state index in [-0.39, 0.29) is 5.69 Å². The van der Waals surface area contributed by atoms with Gasteiger partial charge in [-0.25, -0.2) is 4.98 Å². The zero-order valence-corrected chi connectivity index (χ0v) is 11.4. The third-order valence-corrected chi connectivity index (χ3v) is 3.95. The van der Waals surface area contributed by atoms with E-state index in [2.05, 4.69) is 4.98 Å². The minimum atomic E-state index is -4.63. The van der Waals surface area contributed by atoms with Gasteiger partial charge < -0.3 is 10.0 Å². The van der Waals surface area contributed by atoms with Crippen LogP contribution in [0.1, 0.15) is 12.1 Å². The van der Waals surface area contributed by atoms with Crippen LogP contribution in [0.4, 0.5) is 18.9 Å². The Kier molecular flexibility index (Phi) is 3.41. The molecule has 1 fully saturated rings. The molecule has 4 nitrogen and oxygen atoms in total. The first-order valence-electron chi connectivity index (χ1n) is 6.72. The molecule has 1 aromatic heterocycles. The summed E-state index contributed by atoms with van der Waals surface area (Å²) in [5.74, 6) is 0. The van der Waals surface area contributed by atoms with E-state index in [9.17, 15) is 18.3 Å². The first-order chi connectivity index (χ1) is 10.4. The van der Waals surface area contributed by atoms with Crippen LogP contribution in [-0.4, -0.2) is 35.0 Å². The van der Waals surface area contributed by atoms with Crippen molar-refractivity contribution in [2.45, 2.75) is 24.7 Å². The standard InChI is InChI=1S/C15H12F3N3O/c16-15(17,18)14(22)13-4-6-21(13)10-1-2-11-9(7-10)3-5-20-12(11)8-19/h1-3,5,7,13-14,22H,4,6H2/t13-,14+/m1/s1. The van der Waals surface area contributed by atoms with Crippen molar-refractivity contribution in [1.82, 2.24) is 4.98 Å². The number of fused-ring (bicyclic) bond motifs is 1. The summed E-state index contributed by atoms with van der Waals surface area (Å²) in [5.41, 5.74) is 0.877. The van der Waals surface area contributed by atoms with Crippen LogP contribution in [0.2, 0.25) is 0 Å². The molecule has 0 bridgehead atoms. The summed E-state index contributed by atoms with van der Waals surface area (Å²) in [4.78, 5) is 5.48. The molecule has 1 N–H and O–H groups in total. The fraction of sp³-hybridized carbons (Fsp3) is 0.333. The largest absolute Gasteiger partial charge is 0.416 e. The lowest BCUT2D eigenvalue weighted by Gasteiger charge is -2.45. The van der Waals surface area contributed by atoms with Gasteiger partial charge in [0.1, 0.15) is 11.8 Å². The van der Waals surface area contributed by atoms with Crippen molar-refractivity contribution in [3.05, 3.63) is 36.2 Å². The number of aliphatic hydroxyl groups is 1. The summed E-state index contributed by atoms with van der Waals surface area (Å²) in [6.45, 7) is 0.458. The van der Waals surface area contributed by atoms with Gasteiger partial charge in [-0.1, -0.05) is 0 Å². The predicted molar refractivity (Wildman–Crippen MR) is 74.3 cm³/mol. The highest BCUT2D eigenvalue weighted by Crippen LogP contribution is 2.35. The van der Waals surface area contributed by atoms with Gasteiger partial charge in [0.15, 0.2) is 6.10 Å². The van der Waals surface area contributed by atoms with Gasteiger partial charge in [-0.15, -0.1) is 0 Å². The van der Waals surface area contributed by atoms with Crippen LogP contribution < -0.4 is 4.90 Å². The van der Waals surface area contributed by atoms with Crippen LogP contribution in [-0.2, 0) is 0 Å². The molecule has 1 saturated heterocycles. The molecule has 0 saturated carbocycles. The molecule has 2 heterocycles. The minimum Gasteiger partial charge on any atom is -0.382 e. The van der Waals surface area contributed by atoms with Crippen molar-refractivity contribution in [3.63, 3.8) is 0 Å². The van der Waals surface area contributed by atoms with E-state index in [1.165, 1.54) is 11.1 Å². The Morgan fingerprint density at radius 3 is 2.73 bits per heavy atom. The maximum absolute atomic E-state index is 12.6. The number of anilines is 1. The molecule has 1 aliphatic rings. The summed E-state index contributed by atoms with van der Waals surface area (Å²) < 4.78 is 37.9. The zero-order valence-electron chi connectivity index (χ0n) is 11.4. The monoisotopic (exact) mass is 307 g/mol. The molecule has 0 radical (unpaired) electrons. The van der Waals surface area contributed by atoms with Crippen LogP contribution >= 0.6 is 0 Å². The van der Waals surface area contributed by atoms with Crippen molar-refractivity contribution in [2.75, 3.05) is 11.4 Å². The van der Waals surface area contributed by atoms with Crippen LogP contribution in [0.5, 0.6) is 0 Å². The molecule has 22 heavy (non-hydrogen) atoms. The molecular weight excluding hydrogens is 295 g/mol. The van der Waals surface area contributed by atoms with Gasteiger partial charge in [-0.05, 0) is 36.1 Å². The molecule has 0 spiro atoms. The number of rotatable bonds is 2. The van der Waals surface area contributed by atoms with Gasteiger partial charge in [0.05, 0.1) is 6.04 Å². The second-order valence-corrected chi connectivity index (χ2v) is 5.21. The van der Waals surface area contributed by atoms with E-state index in [4.69, 9.17) is 5.26 Å². The molecule has 0 amide bonds. The van der Waals surface area contributed by atoms with Crippen molar-refractivity contribution < 1.29 is 18.3 Å². The van der Waals surface area contributed by atoms with Crippen LogP contribution in [0.3, 0.4) is 0 Å². The Morgan fingerprint density at radius 2 is 2.14 bits per heavy atom. The topological polar surface area (TPSA) is 60.2 Å². The molecule has 7 heteroatoms. The molecular formula is C15H12F3N3O. The summed E-state index contributed by atoms with van der Waals surface area (Å²) in [7, 11) is 0. The quantitative estimate of drug-likeness (QED) is 0.926. The molecule has 3 rings (SSSR count). The van der Waals surface area contributed by atoms with E-state index >= 15 is 0 Å². The van der Waals surface area contributed by atoms with E-state index in [1.807, 2.05) is 6.07 Å². The predicted octanol–water partition coefficient (Wildman–Crippen LogP) is 2.61. The number of hydrogen-bond acceptors (Lipinski definition) is 4. The lowest BCUT2D eigenvalue weighted by Crippen LogP contribution is -2.58. The Labute approximate surface area is 124 Å². The molecule has 0 unspecified atom stereocenters. The third-order valence-electron chi connectivity index (χ3n) is 3.95. The van der Waals surface area contributed by atoms with Crippen molar-refractivity contribution >= 4 is 16.5 Å². The first-order valence-corrected chi connectivity index (χ1v) is 6.72. The van der Waals surface area contributed by atoms with Gasteiger partial charge in [0, 0.05) is 23.8 Å². The number of hydrogen-bond donors (Lipinski definition) is 1. The molecule has 1 aliphatic heterocycles. The third kappa shape index (κ3) is 2.35. The lowest BCUT2D eigenvalue weighted by molar-refractivity contribution is -0.213. The number of nitriles is 1. The summed E-state index contributed by atoms with van der Waals surface area (Å²) in [5, 5.41) is 19.8. The number of aliphatic hydroxyl groups excluding tert-OH is 1. The normalized spacial score (nSPS) is 19.6. The fourth-order valence-corrected chi connectivity index (χ4v) is 2.71. The van der Waals surface area contributed by atoms with Crippen molar-refractivity contribution in [1.29, 1.82) is 5.26 Å². The second-order valence-electron chi connectivity index (χ2n) is 5.21. The summed E-state index contributed by atoms with van der Waals surface area (Å²) in [6, 6.07) is 7.76. The molecule has 2 atom stereocenters. The number of alkyl halides is 3. The first kappa shape index (κ1) is 14.6. The summed E-state index contributed by atoms with van der Waals surface area (Å²) in [6.07, 6.45) is -5.21. The van der Waals surface area contributed by atoms with E-state index in [0.717, 1.165) is 5.39 Å². The Bertz CT molecular complexity index is 754. The second kappa shape index (κ2) is 5.14. The Balaban J connectivity index is 1.93. The fourth-order valence-electron chi connectivity index (χ4n) is 2.71. The highest BCUT2D eigenvalue weighted by Gasteiger charge is 2.48. The van der Waals surface area contributed by atoms with E-state index < -0.39 is 18.3 Å². The highest BCUT2D eigenvalue weighted by molar-refractivity contribution is 5.89. The van der Waals surface area contributed by atoms with E-state index in [0.29, 0.717) is 24.0 Å². The van der Waals surface area contributed by atoms with Crippen LogP contribution in [0.25, 0.3) is 10.8 Å². The molecule has 114 valence electrons. The SMILES string of the molecule is N#Cc1nccc2cc(N3CC[C@@H]3[C@H](O)C(F)(F)F)ccc12. The number of benzene rings is 1. The van der Waals surface area contributed by atoms with Crippen LogP contribution in [0.15, 0.2) is 30.5 Å². The molecule has 2 aromatic rings. The number of pyridine rings is 1. The number of nitrogens with zero attached hydrogens (tertiary/aromatic N) is 3. The Morgan fingerprint density at radius 1 is 1.36 bits per heavy atom. The van der Waals surface area contributed by atoms with Crippen molar-refractivity contribution in [3.8, 4) is 6.07 Å². The molecule has 0 aliphatic carbocycles. The van der Waals surface area contributed by atoms with Gasteiger partial charge in [-0.2, -0.15) is 18.4 Å². The van der Waals surface area contributed by atoms with Gasteiger partial charge in [0.25, 0.3) is 0 Å². The minimum absolute atomic E-state index is 0.277. The number of halogens is 3. The maximum atomic E-state index is 12.6. The summed E-state index contributed by atoms with van der Waals surface area (Å²) >= 11 is 0. The van der Waals surface area contributed by atoms with Crippen LogP contribution in [0, 0.1) is 11.3 Å². The average molecular weight is 307 g/mol. The molecule has 1 aromatic carbocycles. The van der Waals surface area contributed by atoms with Gasteiger partial charge >= 0.3 is 6.18 Å². The highest BCUT2D eigenvalue weighted by atomic mass is 19.4. The smallest absolute Gasteiger partial charge is 0.382 e. The Hall–Kier alpha value is -2.33. The number of aromatic nitrogens is 1. The maximum Gasteiger partial charge on any atom is 0.416 e. The average Bonchev–Trinajstić information content (AvgIpc) is 2.44. The zero-order chi connectivity index (χ0) is 15.9. The van der Waals surface area contributed by atoms with Gasteiger partial charge in [-0.3, -0.25) is 0 Å². The lowest BCUT2D eigenvalue weighted by atomic mass is 9.95. The van der Waals surface area contributed by atoms with Crippen molar-refractivity contribution in [2.24, 2.45) is 0 Å².